The van der Waals surface area contributed by atoms with Crippen molar-refractivity contribution in [3.05, 3.63) is 65.5 Å². The number of nitrogens with zero attached hydrogens (tertiary/aromatic N) is 1. The summed E-state index contributed by atoms with van der Waals surface area (Å²) in [6, 6.07) is 13.0. The molecule has 1 N–H and O–H groups in total. The lowest BCUT2D eigenvalue weighted by Gasteiger charge is -2.19. The van der Waals surface area contributed by atoms with E-state index in [0.717, 1.165) is 24.1 Å². The van der Waals surface area contributed by atoms with Crippen LogP contribution in [0.1, 0.15) is 43.1 Å². The number of rotatable bonds is 9. The van der Waals surface area contributed by atoms with Gasteiger partial charge >= 0.3 is 0 Å². The van der Waals surface area contributed by atoms with Gasteiger partial charge in [0.1, 0.15) is 5.82 Å². The normalized spacial score (nSPS) is 12.8. The molecule has 1 atom stereocenters. The highest BCUT2D eigenvalue weighted by atomic mass is 32.2. The predicted molar refractivity (Wildman–Crippen MR) is 108 cm³/mol. The molecule has 1 amide bonds. The van der Waals surface area contributed by atoms with E-state index in [-0.39, 0.29) is 16.5 Å². The highest BCUT2D eigenvalue weighted by Crippen LogP contribution is 2.19. The maximum absolute atomic E-state index is 14.2. The van der Waals surface area contributed by atoms with Crippen molar-refractivity contribution in [2.45, 2.75) is 44.6 Å². The molecular weight excluding hydrogens is 379 g/mol. The fraction of sp³-hybridized carbons (Fsp3) is 0.381. The van der Waals surface area contributed by atoms with Crippen LogP contribution in [0.2, 0.25) is 0 Å². The number of halogens is 1. The number of carbonyl (C=O) groups is 1. The topological polar surface area (TPSA) is 66.5 Å². The number of nitrogens with one attached hydrogen (secondary N) is 1. The molecule has 2 aromatic carbocycles. The minimum Gasteiger partial charge on any atom is -0.349 e. The zero-order chi connectivity index (χ0) is 20.7. The third kappa shape index (κ3) is 5.39. The van der Waals surface area contributed by atoms with Crippen LogP contribution in [-0.4, -0.2) is 37.8 Å². The second kappa shape index (κ2) is 9.80. The van der Waals surface area contributed by atoms with Gasteiger partial charge in [-0.05, 0) is 43.5 Å². The number of aryl methyl sites for hydroxylation is 1. The van der Waals surface area contributed by atoms with E-state index in [1.54, 1.807) is 13.8 Å². The molecule has 0 saturated heterocycles. The molecule has 7 heteroatoms. The number of benzene rings is 2. The summed E-state index contributed by atoms with van der Waals surface area (Å²) in [4.78, 5) is 12.4. The van der Waals surface area contributed by atoms with Gasteiger partial charge in [-0.1, -0.05) is 44.2 Å². The molecule has 5 nitrogen and oxygen atoms in total. The first-order chi connectivity index (χ1) is 13.3. The fourth-order valence-electron chi connectivity index (χ4n) is 2.95. The first kappa shape index (κ1) is 22.0. The second-order valence-corrected chi connectivity index (χ2v) is 8.57. The van der Waals surface area contributed by atoms with Crippen molar-refractivity contribution in [3.63, 3.8) is 0 Å². The van der Waals surface area contributed by atoms with E-state index in [0.29, 0.717) is 19.5 Å². The maximum Gasteiger partial charge on any atom is 0.254 e. The van der Waals surface area contributed by atoms with E-state index < -0.39 is 21.7 Å². The third-order valence-corrected chi connectivity index (χ3v) is 6.66. The van der Waals surface area contributed by atoms with E-state index in [4.69, 9.17) is 0 Å². The van der Waals surface area contributed by atoms with Crippen molar-refractivity contribution >= 4 is 15.9 Å². The van der Waals surface area contributed by atoms with Crippen LogP contribution < -0.4 is 5.32 Å². The van der Waals surface area contributed by atoms with Crippen LogP contribution in [0.5, 0.6) is 0 Å². The standard InChI is InChI=1S/C21H27FN2O3S/c1-4-24(5-2)28(26,27)18-13-14-20(22)19(15-18)21(25)23-16(3)11-12-17-9-7-6-8-10-17/h6-10,13-16H,4-5,11-12H2,1-3H3,(H,23,25). The molecule has 0 spiro atoms. The number of amides is 1. The average molecular weight is 407 g/mol. The second-order valence-electron chi connectivity index (χ2n) is 6.63. The van der Waals surface area contributed by atoms with E-state index in [1.807, 2.05) is 37.3 Å². The zero-order valence-corrected chi connectivity index (χ0v) is 17.3. The summed E-state index contributed by atoms with van der Waals surface area (Å²) in [6.45, 7) is 5.90. The maximum atomic E-state index is 14.2. The van der Waals surface area contributed by atoms with Gasteiger partial charge in [0.25, 0.3) is 5.91 Å². The molecule has 0 aromatic heterocycles. The van der Waals surface area contributed by atoms with Gasteiger partial charge in [-0.3, -0.25) is 4.79 Å². The van der Waals surface area contributed by atoms with Gasteiger partial charge in [-0.25, -0.2) is 12.8 Å². The number of hydrogen-bond acceptors (Lipinski definition) is 3. The summed E-state index contributed by atoms with van der Waals surface area (Å²) in [5, 5.41) is 2.76. The molecule has 0 heterocycles. The molecule has 0 aliphatic carbocycles. The summed E-state index contributed by atoms with van der Waals surface area (Å²) in [7, 11) is -3.76. The molecule has 28 heavy (non-hydrogen) atoms. The number of carbonyl (C=O) groups excluding carboxylic acids is 1. The Morgan fingerprint density at radius 3 is 2.36 bits per heavy atom. The minimum atomic E-state index is -3.76. The monoisotopic (exact) mass is 406 g/mol. The van der Waals surface area contributed by atoms with Gasteiger partial charge in [-0.2, -0.15) is 4.31 Å². The lowest BCUT2D eigenvalue weighted by molar-refractivity contribution is 0.0934. The van der Waals surface area contributed by atoms with Crippen molar-refractivity contribution in [3.8, 4) is 0 Å². The summed E-state index contributed by atoms with van der Waals surface area (Å²) in [5.74, 6) is -1.36. The molecule has 0 radical (unpaired) electrons. The lowest BCUT2D eigenvalue weighted by Crippen LogP contribution is -2.34. The Balaban J connectivity index is 2.12. The van der Waals surface area contributed by atoms with Crippen LogP contribution in [0.25, 0.3) is 0 Å². The predicted octanol–water partition coefficient (Wildman–Crippen LogP) is 3.61. The fourth-order valence-corrected chi connectivity index (χ4v) is 4.44. The minimum absolute atomic E-state index is 0.0836. The molecule has 0 bridgehead atoms. The van der Waals surface area contributed by atoms with Crippen LogP contribution in [0.3, 0.4) is 0 Å². The van der Waals surface area contributed by atoms with Crippen molar-refractivity contribution < 1.29 is 17.6 Å². The van der Waals surface area contributed by atoms with E-state index in [1.165, 1.54) is 10.4 Å². The zero-order valence-electron chi connectivity index (χ0n) is 16.5. The van der Waals surface area contributed by atoms with Crippen LogP contribution in [0.15, 0.2) is 53.4 Å². The Morgan fingerprint density at radius 2 is 1.75 bits per heavy atom. The SMILES string of the molecule is CCN(CC)S(=O)(=O)c1ccc(F)c(C(=O)NC(C)CCc2ccccc2)c1. The third-order valence-electron chi connectivity index (χ3n) is 4.61. The molecule has 0 aliphatic heterocycles. The highest BCUT2D eigenvalue weighted by molar-refractivity contribution is 7.89. The molecule has 0 aliphatic rings. The Hall–Kier alpha value is -2.25. The smallest absolute Gasteiger partial charge is 0.254 e. The van der Waals surface area contributed by atoms with Gasteiger partial charge in [0.2, 0.25) is 10.0 Å². The van der Waals surface area contributed by atoms with Gasteiger partial charge < -0.3 is 5.32 Å². The molecular formula is C21H27FN2O3S. The van der Waals surface area contributed by atoms with E-state index in [2.05, 4.69) is 5.32 Å². The van der Waals surface area contributed by atoms with Crippen molar-refractivity contribution in [1.82, 2.24) is 9.62 Å². The Bertz CT molecular complexity index is 897. The summed E-state index contributed by atoms with van der Waals surface area (Å²) in [5.41, 5.74) is 0.891. The summed E-state index contributed by atoms with van der Waals surface area (Å²) in [6.07, 6.45) is 1.47. The molecule has 2 aromatic rings. The quantitative estimate of drug-likeness (QED) is 0.692. The van der Waals surface area contributed by atoms with Crippen LogP contribution in [-0.2, 0) is 16.4 Å². The Labute approximate surface area is 166 Å². The molecule has 1 unspecified atom stereocenters. The van der Waals surface area contributed by atoms with Crippen molar-refractivity contribution in [2.24, 2.45) is 0 Å². The largest absolute Gasteiger partial charge is 0.349 e. The van der Waals surface area contributed by atoms with Gasteiger partial charge in [0.05, 0.1) is 10.5 Å². The van der Waals surface area contributed by atoms with Crippen LogP contribution >= 0.6 is 0 Å². The van der Waals surface area contributed by atoms with Gasteiger partial charge in [0.15, 0.2) is 0 Å². The Morgan fingerprint density at radius 1 is 1.11 bits per heavy atom. The van der Waals surface area contributed by atoms with Gasteiger partial charge in [0, 0.05) is 19.1 Å². The first-order valence-electron chi connectivity index (χ1n) is 9.44. The first-order valence-corrected chi connectivity index (χ1v) is 10.9. The molecule has 0 fully saturated rings. The van der Waals surface area contributed by atoms with E-state index in [9.17, 15) is 17.6 Å². The summed E-state index contributed by atoms with van der Waals surface area (Å²) >= 11 is 0. The molecule has 2 rings (SSSR count). The summed E-state index contributed by atoms with van der Waals surface area (Å²) < 4.78 is 40.7. The van der Waals surface area contributed by atoms with Gasteiger partial charge in [-0.15, -0.1) is 0 Å². The lowest BCUT2D eigenvalue weighted by atomic mass is 10.1. The van der Waals surface area contributed by atoms with E-state index >= 15 is 0 Å². The number of hydrogen-bond donors (Lipinski definition) is 1. The Kier molecular flexibility index (Phi) is 7.71. The van der Waals surface area contributed by atoms with Crippen LogP contribution in [0.4, 0.5) is 4.39 Å². The highest BCUT2D eigenvalue weighted by Gasteiger charge is 2.24. The van der Waals surface area contributed by atoms with Crippen molar-refractivity contribution in [2.75, 3.05) is 13.1 Å². The van der Waals surface area contributed by atoms with Crippen molar-refractivity contribution in [1.29, 1.82) is 0 Å². The molecule has 0 saturated carbocycles. The molecule has 152 valence electrons. The number of sulfonamides is 1. The van der Waals surface area contributed by atoms with Crippen LogP contribution in [0, 0.1) is 5.82 Å². The average Bonchev–Trinajstić information content (AvgIpc) is 2.68.